The summed E-state index contributed by atoms with van der Waals surface area (Å²) in [6.45, 7) is 5.18. The maximum Gasteiger partial charge on any atom is 0.247 e. The minimum absolute atomic E-state index is 0.0138. The lowest BCUT2D eigenvalue weighted by Crippen LogP contribution is -2.28. The van der Waals surface area contributed by atoms with E-state index in [1.54, 1.807) is 6.92 Å². The fraction of sp³-hybridized carbons (Fsp3) is 0.487. The first-order valence-corrected chi connectivity index (χ1v) is 17.1. The average Bonchev–Trinajstić information content (AvgIpc) is 3.45. The van der Waals surface area contributed by atoms with Crippen molar-refractivity contribution < 1.29 is 9.53 Å². The molecule has 0 aliphatic carbocycles. The Morgan fingerprint density at radius 1 is 0.818 bits per heavy atom. The molecule has 2 aromatic carbocycles. The Hall–Kier alpha value is -3.69. The molecule has 5 heteroatoms. The average molecular weight is 595 g/mol. The second kappa shape index (κ2) is 18.9. The summed E-state index contributed by atoms with van der Waals surface area (Å²) in [6.07, 6.45) is 30.8. The summed E-state index contributed by atoms with van der Waals surface area (Å²) in [5.74, 6) is 1.83. The number of carbonyl (C=O) groups is 1. The summed E-state index contributed by atoms with van der Waals surface area (Å²) in [7, 11) is 0. The summed E-state index contributed by atoms with van der Waals surface area (Å²) >= 11 is 0. The SMILES string of the molecule is CCCCCCCCCCCCCCCCOc1ccc(CN(C(C)=O)c2cccc(CC3=N[C+]=C4C=CC=CN43)c2)cc1. The lowest BCUT2D eigenvalue weighted by Gasteiger charge is -2.22. The van der Waals surface area contributed by atoms with Crippen LogP contribution < -0.4 is 9.64 Å². The third kappa shape index (κ3) is 11.1. The second-order valence-corrected chi connectivity index (χ2v) is 12.1. The number of fused-ring (bicyclic) bond motifs is 1. The summed E-state index contributed by atoms with van der Waals surface area (Å²) in [6, 6.07) is 16.3. The first-order chi connectivity index (χ1) is 21.6. The van der Waals surface area contributed by atoms with Crippen molar-refractivity contribution in [3.05, 3.63) is 96.0 Å². The number of ether oxygens (including phenoxy) is 1. The van der Waals surface area contributed by atoms with Gasteiger partial charge in [-0.3, -0.25) is 4.79 Å². The number of benzene rings is 2. The predicted molar refractivity (Wildman–Crippen MR) is 184 cm³/mol. The molecule has 0 saturated heterocycles. The molecule has 0 fully saturated rings. The Kier molecular flexibility index (Phi) is 14.2. The molecular weight excluding hydrogens is 542 g/mol. The molecule has 0 bridgehead atoms. The van der Waals surface area contributed by atoms with Crippen molar-refractivity contribution in [2.24, 2.45) is 4.99 Å². The lowest BCUT2D eigenvalue weighted by molar-refractivity contribution is -0.116. The molecule has 2 heterocycles. The topological polar surface area (TPSA) is 45.1 Å². The smallest absolute Gasteiger partial charge is 0.247 e. The summed E-state index contributed by atoms with van der Waals surface area (Å²) in [4.78, 5) is 21.0. The van der Waals surface area contributed by atoms with Crippen molar-refractivity contribution in [1.82, 2.24) is 4.90 Å². The molecule has 0 aromatic heterocycles. The molecule has 234 valence electrons. The zero-order valence-electron chi connectivity index (χ0n) is 27.1. The molecule has 0 radical (unpaired) electrons. The van der Waals surface area contributed by atoms with Crippen LogP contribution in [-0.2, 0) is 17.8 Å². The van der Waals surface area contributed by atoms with E-state index in [0.717, 1.165) is 47.1 Å². The number of hydrogen-bond acceptors (Lipinski definition) is 4. The number of amidine groups is 1. The molecule has 2 aliphatic heterocycles. The van der Waals surface area contributed by atoms with E-state index in [0.29, 0.717) is 13.0 Å². The first kappa shape index (κ1) is 33.2. The van der Waals surface area contributed by atoms with E-state index in [-0.39, 0.29) is 5.91 Å². The minimum atomic E-state index is 0.0138. The maximum absolute atomic E-state index is 12.7. The number of amides is 1. The van der Waals surface area contributed by atoms with Gasteiger partial charge in [0.25, 0.3) is 0 Å². The van der Waals surface area contributed by atoms with Gasteiger partial charge in [-0.25, -0.2) is 4.90 Å². The van der Waals surface area contributed by atoms with Gasteiger partial charge < -0.3 is 9.64 Å². The fourth-order valence-corrected chi connectivity index (χ4v) is 5.82. The number of unbranched alkanes of at least 4 members (excludes halogenated alkanes) is 13. The highest BCUT2D eigenvalue weighted by Gasteiger charge is 2.28. The van der Waals surface area contributed by atoms with Crippen molar-refractivity contribution in [2.45, 2.75) is 117 Å². The van der Waals surface area contributed by atoms with E-state index in [1.807, 2.05) is 53.6 Å². The third-order valence-electron chi connectivity index (χ3n) is 8.43. The van der Waals surface area contributed by atoms with Crippen molar-refractivity contribution in [2.75, 3.05) is 11.5 Å². The van der Waals surface area contributed by atoms with E-state index < -0.39 is 0 Å². The summed E-state index contributed by atoms with van der Waals surface area (Å²) in [5.41, 5.74) is 4.02. The monoisotopic (exact) mass is 594 g/mol. The molecule has 0 atom stereocenters. The van der Waals surface area contributed by atoms with Gasteiger partial charge in [0.05, 0.1) is 25.6 Å². The van der Waals surface area contributed by atoms with Crippen LogP contribution in [-0.4, -0.2) is 23.2 Å². The highest BCUT2D eigenvalue weighted by molar-refractivity contribution is 5.92. The molecule has 0 spiro atoms. The summed E-state index contributed by atoms with van der Waals surface area (Å²) in [5, 5.41) is 0. The van der Waals surface area contributed by atoms with Crippen molar-refractivity contribution >= 4 is 17.4 Å². The highest BCUT2D eigenvalue weighted by Crippen LogP contribution is 2.24. The highest BCUT2D eigenvalue weighted by atomic mass is 16.5. The van der Waals surface area contributed by atoms with Crippen molar-refractivity contribution in [3.8, 4) is 5.75 Å². The Bertz CT molecular complexity index is 1270. The van der Waals surface area contributed by atoms with Gasteiger partial charge >= 0.3 is 0 Å². The molecule has 4 rings (SSSR count). The molecule has 2 aromatic rings. The van der Waals surface area contributed by atoms with Gasteiger partial charge in [-0.1, -0.05) is 120 Å². The molecule has 5 nitrogen and oxygen atoms in total. The maximum atomic E-state index is 12.7. The number of nitrogens with zero attached hydrogens (tertiary/aromatic N) is 3. The van der Waals surface area contributed by atoms with Crippen LogP contribution in [0, 0.1) is 6.20 Å². The number of rotatable bonds is 21. The Balaban J connectivity index is 1.11. The van der Waals surface area contributed by atoms with E-state index in [9.17, 15) is 4.79 Å². The van der Waals surface area contributed by atoms with E-state index in [4.69, 9.17) is 4.74 Å². The van der Waals surface area contributed by atoms with Gasteiger partial charge in [0, 0.05) is 18.8 Å². The number of carbonyl (C=O) groups excluding carboxylic acids is 1. The molecule has 0 unspecified atom stereocenters. The van der Waals surface area contributed by atoms with Gasteiger partial charge in [-0.05, 0) is 54.0 Å². The molecule has 1 amide bonds. The predicted octanol–water partition coefficient (Wildman–Crippen LogP) is 10.1. The van der Waals surface area contributed by atoms with E-state index in [1.165, 1.54) is 83.5 Å². The van der Waals surface area contributed by atoms with Gasteiger partial charge in [0.2, 0.25) is 17.4 Å². The zero-order chi connectivity index (χ0) is 30.8. The number of aliphatic imine (C=N–C) groups is 1. The zero-order valence-corrected chi connectivity index (χ0v) is 27.1. The van der Waals surface area contributed by atoms with Crippen LogP contribution in [0.5, 0.6) is 5.75 Å². The Morgan fingerprint density at radius 2 is 1.48 bits per heavy atom. The van der Waals surface area contributed by atoms with Crippen molar-refractivity contribution in [3.63, 3.8) is 0 Å². The quantitative estimate of drug-likeness (QED) is 0.107. The molecule has 0 N–H and O–H groups in total. The molecular formula is C39H52N3O2+. The fourth-order valence-electron chi connectivity index (χ4n) is 5.82. The van der Waals surface area contributed by atoms with Crippen LogP contribution in [0.25, 0.3) is 0 Å². The standard InChI is InChI=1S/C39H52N3O2/c1-3-4-5-6-7-8-9-10-11-12-13-14-15-18-28-44-38-25-23-34(24-26-38)32-42(33(2)43)36-22-19-20-35(29-36)30-39-40-31-37-21-16-17-27-41(37)39/h16-17,19-27,29H,3-15,18,28,30,32H2,1-2H3/q+1. The van der Waals surface area contributed by atoms with Crippen LogP contribution in [0.2, 0.25) is 0 Å². The van der Waals surface area contributed by atoms with Gasteiger partial charge in [0.1, 0.15) is 5.75 Å². The molecule has 2 aliphatic rings. The second-order valence-electron chi connectivity index (χ2n) is 12.1. The van der Waals surface area contributed by atoms with Gasteiger partial charge in [-0.15, -0.1) is 0 Å². The van der Waals surface area contributed by atoms with Crippen molar-refractivity contribution in [1.29, 1.82) is 0 Å². The minimum Gasteiger partial charge on any atom is -0.494 e. The van der Waals surface area contributed by atoms with Crippen LogP contribution in [0.1, 0.15) is 115 Å². The van der Waals surface area contributed by atoms with Crippen LogP contribution in [0.3, 0.4) is 0 Å². The Morgan fingerprint density at radius 3 is 2.14 bits per heavy atom. The van der Waals surface area contributed by atoms with E-state index >= 15 is 0 Å². The van der Waals surface area contributed by atoms with Crippen LogP contribution in [0.15, 0.2) is 83.6 Å². The molecule has 44 heavy (non-hydrogen) atoms. The number of allylic oxidation sites excluding steroid dienone is 3. The molecule has 0 saturated carbocycles. The lowest BCUT2D eigenvalue weighted by atomic mass is 10.0. The largest absolute Gasteiger partial charge is 0.494 e. The Labute approximate surface area is 266 Å². The number of anilines is 1. The van der Waals surface area contributed by atoms with Crippen LogP contribution >= 0.6 is 0 Å². The van der Waals surface area contributed by atoms with E-state index in [2.05, 4.69) is 47.3 Å². The van der Waals surface area contributed by atoms with Crippen LogP contribution in [0.4, 0.5) is 5.69 Å². The van der Waals surface area contributed by atoms with Gasteiger partial charge in [-0.2, -0.15) is 0 Å². The first-order valence-electron chi connectivity index (χ1n) is 17.1. The van der Waals surface area contributed by atoms with Gasteiger partial charge in [0.15, 0.2) is 6.20 Å². The number of hydrogen-bond donors (Lipinski definition) is 0. The third-order valence-corrected chi connectivity index (χ3v) is 8.43. The summed E-state index contributed by atoms with van der Waals surface area (Å²) < 4.78 is 6.01. The normalized spacial score (nSPS) is 13.4.